The van der Waals surface area contributed by atoms with E-state index in [1.165, 1.54) is 41.8 Å². The molecule has 0 radical (unpaired) electrons. The summed E-state index contributed by atoms with van der Waals surface area (Å²) in [6.45, 7) is 3.09. The summed E-state index contributed by atoms with van der Waals surface area (Å²) < 4.78 is 2.32. The zero-order chi connectivity index (χ0) is 11.7. The van der Waals surface area contributed by atoms with E-state index in [4.69, 9.17) is 0 Å². The quantitative estimate of drug-likeness (QED) is 0.769. The number of hydrogen-bond donors (Lipinski definition) is 0. The summed E-state index contributed by atoms with van der Waals surface area (Å²) >= 11 is 0. The number of aryl methyl sites for hydroxylation is 2. The average molecular weight is 226 g/mol. The van der Waals surface area contributed by atoms with Crippen LogP contribution in [0.1, 0.15) is 35.4 Å². The van der Waals surface area contributed by atoms with E-state index < -0.39 is 0 Å². The van der Waals surface area contributed by atoms with Gasteiger partial charge in [-0.1, -0.05) is 29.8 Å². The summed E-state index contributed by atoms with van der Waals surface area (Å²) in [6.07, 6.45) is 6.98. The van der Waals surface area contributed by atoms with Crippen LogP contribution in [0.3, 0.4) is 0 Å². The molecule has 0 amide bonds. The maximum Gasteiger partial charge on any atom is 0.0954 e. The van der Waals surface area contributed by atoms with E-state index in [0.717, 1.165) is 13.0 Å². The van der Waals surface area contributed by atoms with Crippen molar-refractivity contribution in [1.29, 1.82) is 0 Å². The van der Waals surface area contributed by atoms with Crippen LogP contribution in [0.4, 0.5) is 0 Å². The summed E-state index contributed by atoms with van der Waals surface area (Å²) in [6, 6.07) is 8.78. The summed E-state index contributed by atoms with van der Waals surface area (Å²) in [4.78, 5) is 4.53. The maximum absolute atomic E-state index is 4.53. The molecule has 2 aromatic rings. The number of hydrogen-bond acceptors (Lipinski definition) is 1. The molecule has 1 heterocycles. The highest BCUT2D eigenvalue weighted by Gasteiger charge is 2.14. The highest BCUT2D eigenvalue weighted by atomic mass is 15.1. The molecule has 1 aliphatic rings. The minimum Gasteiger partial charge on any atom is -0.330 e. The molecular weight excluding hydrogens is 208 g/mol. The Balaban J connectivity index is 1.85. The molecule has 1 aromatic heterocycles. The third kappa shape index (κ3) is 2.12. The zero-order valence-electron chi connectivity index (χ0n) is 10.3. The first kappa shape index (κ1) is 10.6. The molecule has 88 valence electrons. The van der Waals surface area contributed by atoms with Crippen LogP contribution in [0.15, 0.2) is 30.6 Å². The fourth-order valence-electron chi connectivity index (χ4n) is 2.56. The molecule has 3 rings (SSSR count). The van der Waals surface area contributed by atoms with Crippen molar-refractivity contribution >= 4 is 0 Å². The Labute approximate surface area is 102 Å². The molecule has 1 aliphatic carbocycles. The van der Waals surface area contributed by atoms with Crippen LogP contribution in [0.5, 0.6) is 0 Å². The maximum atomic E-state index is 4.53. The van der Waals surface area contributed by atoms with Gasteiger partial charge in [-0.05, 0) is 38.2 Å². The van der Waals surface area contributed by atoms with Crippen LogP contribution in [0.25, 0.3) is 0 Å². The monoisotopic (exact) mass is 226 g/mol. The van der Waals surface area contributed by atoms with Crippen molar-refractivity contribution in [1.82, 2.24) is 9.55 Å². The smallest absolute Gasteiger partial charge is 0.0954 e. The first-order valence-electron chi connectivity index (χ1n) is 6.41. The first-order valence-corrected chi connectivity index (χ1v) is 6.41. The van der Waals surface area contributed by atoms with E-state index in [1.54, 1.807) is 0 Å². The second kappa shape index (κ2) is 4.36. The van der Waals surface area contributed by atoms with Gasteiger partial charge in [-0.15, -0.1) is 0 Å². The van der Waals surface area contributed by atoms with E-state index in [-0.39, 0.29) is 0 Å². The van der Waals surface area contributed by atoms with Crippen LogP contribution in [-0.4, -0.2) is 9.55 Å². The van der Waals surface area contributed by atoms with Gasteiger partial charge in [-0.25, -0.2) is 4.98 Å². The van der Waals surface area contributed by atoms with Gasteiger partial charge in [0.1, 0.15) is 0 Å². The predicted octanol–water partition coefficient (Wildman–Crippen LogP) is 3.12. The van der Waals surface area contributed by atoms with Crippen molar-refractivity contribution < 1.29 is 0 Å². The van der Waals surface area contributed by atoms with Crippen molar-refractivity contribution in [2.24, 2.45) is 0 Å². The van der Waals surface area contributed by atoms with Crippen LogP contribution in [-0.2, 0) is 19.4 Å². The van der Waals surface area contributed by atoms with Crippen molar-refractivity contribution in [2.45, 2.75) is 39.2 Å². The minimum absolute atomic E-state index is 0.961. The zero-order valence-corrected chi connectivity index (χ0v) is 10.3. The molecule has 1 aromatic carbocycles. The second-order valence-corrected chi connectivity index (χ2v) is 4.96. The molecule has 0 unspecified atom stereocenters. The van der Waals surface area contributed by atoms with Crippen LogP contribution in [0.2, 0.25) is 0 Å². The third-order valence-corrected chi connectivity index (χ3v) is 3.58. The molecular formula is C15H18N2. The highest BCUT2D eigenvalue weighted by molar-refractivity contribution is 5.23. The molecule has 0 fully saturated rings. The molecule has 17 heavy (non-hydrogen) atoms. The van der Waals surface area contributed by atoms with Crippen molar-refractivity contribution in [2.75, 3.05) is 0 Å². The Kier molecular flexibility index (Phi) is 2.71. The normalized spacial score (nSPS) is 14.6. The molecule has 0 aliphatic heterocycles. The van der Waals surface area contributed by atoms with Crippen LogP contribution in [0, 0.1) is 6.92 Å². The van der Waals surface area contributed by atoms with Gasteiger partial charge in [-0.2, -0.15) is 0 Å². The van der Waals surface area contributed by atoms with Gasteiger partial charge < -0.3 is 4.57 Å². The molecule has 0 atom stereocenters. The van der Waals surface area contributed by atoms with E-state index in [2.05, 4.69) is 40.7 Å². The number of aromatic nitrogens is 2. The van der Waals surface area contributed by atoms with Crippen molar-refractivity contribution in [3.63, 3.8) is 0 Å². The lowest BCUT2D eigenvalue weighted by Crippen LogP contribution is -2.08. The van der Waals surface area contributed by atoms with Crippen molar-refractivity contribution in [3.8, 4) is 0 Å². The van der Waals surface area contributed by atoms with Gasteiger partial charge in [0, 0.05) is 12.2 Å². The van der Waals surface area contributed by atoms with Gasteiger partial charge >= 0.3 is 0 Å². The minimum atomic E-state index is 0.961. The topological polar surface area (TPSA) is 17.8 Å². The molecule has 0 bridgehead atoms. The predicted molar refractivity (Wildman–Crippen MR) is 69.2 cm³/mol. The molecule has 2 nitrogen and oxygen atoms in total. The molecule has 0 spiro atoms. The number of rotatable bonds is 2. The Hall–Kier alpha value is -1.57. The van der Waals surface area contributed by atoms with E-state index >= 15 is 0 Å². The van der Waals surface area contributed by atoms with Crippen LogP contribution >= 0.6 is 0 Å². The molecule has 0 N–H and O–H groups in total. The third-order valence-electron chi connectivity index (χ3n) is 3.58. The number of imidazole rings is 1. The second-order valence-electron chi connectivity index (χ2n) is 4.96. The summed E-state index contributed by atoms with van der Waals surface area (Å²) in [5.74, 6) is 0. The standard InChI is InChI=1S/C15H18N2/c1-12-6-8-13(9-7-12)10-17-11-16-14-4-2-3-5-15(14)17/h6-9,11H,2-5,10H2,1H3. The first-order chi connectivity index (χ1) is 8.33. The van der Waals surface area contributed by atoms with E-state index in [0.29, 0.717) is 0 Å². The van der Waals surface area contributed by atoms with Crippen molar-refractivity contribution in [3.05, 3.63) is 53.1 Å². The Bertz CT molecular complexity index is 508. The van der Waals surface area contributed by atoms with E-state index in [1.807, 2.05) is 6.33 Å². The summed E-state index contributed by atoms with van der Waals surface area (Å²) in [7, 11) is 0. The van der Waals surface area contributed by atoms with Crippen LogP contribution < -0.4 is 0 Å². The number of benzene rings is 1. The molecule has 0 saturated carbocycles. The van der Waals surface area contributed by atoms with E-state index in [9.17, 15) is 0 Å². The van der Waals surface area contributed by atoms with Gasteiger partial charge in [0.15, 0.2) is 0 Å². The molecule has 0 saturated heterocycles. The fraction of sp³-hybridized carbons (Fsp3) is 0.400. The SMILES string of the molecule is Cc1ccc(Cn2cnc3c2CCCC3)cc1. The largest absolute Gasteiger partial charge is 0.330 e. The average Bonchev–Trinajstić information content (AvgIpc) is 2.76. The summed E-state index contributed by atoms with van der Waals surface area (Å²) in [5.41, 5.74) is 5.46. The van der Waals surface area contributed by atoms with Gasteiger partial charge in [0.2, 0.25) is 0 Å². The van der Waals surface area contributed by atoms with Gasteiger partial charge in [-0.3, -0.25) is 0 Å². The Morgan fingerprint density at radius 1 is 1.12 bits per heavy atom. The molecule has 2 heteroatoms. The van der Waals surface area contributed by atoms with Gasteiger partial charge in [0.25, 0.3) is 0 Å². The number of fused-ring (bicyclic) bond motifs is 1. The Morgan fingerprint density at radius 3 is 2.71 bits per heavy atom. The lowest BCUT2D eigenvalue weighted by molar-refractivity contribution is 0.628. The number of nitrogens with zero attached hydrogens (tertiary/aromatic N) is 2. The summed E-state index contributed by atoms with van der Waals surface area (Å²) in [5, 5.41) is 0. The Morgan fingerprint density at radius 2 is 1.88 bits per heavy atom. The lowest BCUT2D eigenvalue weighted by atomic mass is 10.0. The highest BCUT2D eigenvalue weighted by Crippen LogP contribution is 2.20. The lowest BCUT2D eigenvalue weighted by Gasteiger charge is -2.14. The fourth-order valence-corrected chi connectivity index (χ4v) is 2.56. The van der Waals surface area contributed by atoms with Gasteiger partial charge in [0.05, 0.1) is 12.0 Å².